The predicted molar refractivity (Wildman–Crippen MR) is 111 cm³/mol. The second-order valence-corrected chi connectivity index (χ2v) is 6.35. The van der Waals surface area contributed by atoms with E-state index in [4.69, 9.17) is 5.73 Å². The molecule has 3 nitrogen and oxygen atoms in total. The SMILES string of the molecule is NCCNCCNc1cccc(C(c2ccccc2)c2ccccc2)c1. The summed E-state index contributed by atoms with van der Waals surface area (Å²) in [7, 11) is 0. The summed E-state index contributed by atoms with van der Waals surface area (Å²) in [5.41, 5.74) is 10.6. The summed E-state index contributed by atoms with van der Waals surface area (Å²) in [6.45, 7) is 3.31. The molecule has 0 atom stereocenters. The molecular formula is C23H27N3. The molecule has 0 aromatic heterocycles. The van der Waals surface area contributed by atoms with E-state index in [-0.39, 0.29) is 5.92 Å². The third-order valence-corrected chi connectivity index (χ3v) is 4.44. The van der Waals surface area contributed by atoms with Crippen LogP contribution in [0.4, 0.5) is 5.69 Å². The van der Waals surface area contributed by atoms with E-state index < -0.39 is 0 Å². The zero-order valence-electron chi connectivity index (χ0n) is 15.1. The van der Waals surface area contributed by atoms with Gasteiger partial charge in [0.15, 0.2) is 0 Å². The smallest absolute Gasteiger partial charge is 0.0343 e. The second-order valence-electron chi connectivity index (χ2n) is 6.35. The number of anilines is 1. The first kappa shape index (κ1) is 18.2. The highest BCUT2D eigenvalue weighted by atomic mass is 14.9. The second kappa shape index (κ2) is 9.76. The van der Waals surface area contributed by atoms with Crippen LogP contribution in [0.5, 0.6) is 0 Å². The lowest BCUT2D eigenvalue weighted by Gasteiger charge is -2.20. The van der Waals surface area contributed by atoms with Gasteiger partial charge in [-0.15, -0.1) is 0 Å². The monoisotopic (exact) mass is 345 g/mol. The number of hydrogen-bond acceptors (Lipinski definition) is 3. The summed E-state index contributed by atoms with van der Waals surface area (Å²) >= 11 is 0. The summed E-state index contributed by atoms with van der Waals surface area (Å²) in [5, 5.41) is 6.81. The maximum absolute atomic E-state index is 5.50. The minimum atomic E-state index is 0.231. The summed E-state index contributed by atoms with van der Waals surface area (Å²) in [6, 6.07) is 30.1. The minimum absolute atomic E-state index is 0.231. The molecule has 0 saturated heterocycles. The Bertz CT molecular complexity index is 732. The Morgan fingerprint density at radius 2 is 1.27 bits per heavy atom. The largest absolute Gasteiger partial charge is 0.384 e. The molecule has 0 spiro atoms. The molecule has 0 saturated carbocycles. The Balaban J connectivity index is 1.82. The van der Waals surface area contributed by atoms with Gasteiger partial charge < -0.3 is 16.4 Å². The number of hydrogen-bond donors (Lipinski definition) is 3. The fourth-order valence-electron chi connectivity index (χ4n) is 3.22. The van der Waals surface area contributed by atoms with Crippen LogP contribution in [0.25, 0.3) is 0 Å². The molecule has 0 radical (unpaired) electrons. The molecule has 3 heteroatoms. The summed E-state index contributed by atoms with van der Waals surface area (Å²) in [5.74, 6) is 0.231. The van der Waals surface area contributed by atoms with Gasteiger partial charge in [-0.1, -0.05) is 72.8 Å². The lowest BCUT2D eigenvalue weighted by molar-refractivity contribution is 0.707. The van der Waals surface area contributed by atoms with Crippen molar-refractivity contribution in [2.24, 2.45) is 5.73 Å². The number of nitrogens with two attached hydrogens (primary N) is 1. The predicted octanol–water partition coefficient (Wildman–Crippen LogP) is 3.83. The van der Waals surface area contributed by atoms with Crippen molar-refractivity contribution in [3.05, 3.63) is 102 Å². The highest BCUT2D eigenvalue weighted by molar-refractivity contribution is 5.51. The minimum Gasteiger partial charge on any atom is -0.384 e. The molecule has 0 unspecified atom stereocenters. The summed E-state index contributed by atoms with van der Waals surface area (Å²) < 4.78 is 0. The quantitative estimate of drug-likeness (QED) is 0.408. The summed E-state index contributed by atoms with van der Waals surface area (Å²) in [4.78, 5) is 0. The normalized spacial score (nSPS) is 10.8. The third kappa shape index (κ3) is 4.94. The first-order valence-electron chi connectivity index (χ1n) is 9.23. The van der Waals surface area contributed by atoms with Crippen LogP contribution >= 0.6 is 0 Å². The van der Waals surface area contributed by atoms with E-state index in [1.54, 1.807) is 0 Å². The van der Waals surface area contributed by atoms with E-state index in [2.05, 4.69) is 95.6 Å². The van der Waals surface area contributed by atoms with Gasteiger partial charge in [0.05, 0.1) is 0 Å². The van der Waals surface area contributed by atoms with E-state index in [1.807, 2.05) is 0 Å². The van der Waals surface area contributed by atoms with Crippen LogP contribution in [0.2, 0.25) is 0 Å². The highest BCUT2D eigenvalue weighted by Crippen LogP contribution is 2.32. The topological polar surface area (TPSA) is 50.1 Å². The zero-order chi connectivity index (χ0) is 18.0. The zero-order valence-corrected chi connectivity index (χ0v) is 15.1. The Labute approximate surface area is 156 Å². The molecule has 0 heterocycles. The van der Waals surface area contributed by atoms with Crippen molar-refractivity contribution in [1.82, 2.24) is 5.32 Å². The fraction of sp³-hybridized carbons (Fsp3) is 0.217. The molecule has 0 amide bonds. The first-order chi connectivity index (χ1) is 12.9. The fourth-order valence-corrected chi connectivity index (χ4v) is 3.22. The Hall–Kier alpha value is -2.62. The van der Waals surface area contributed by atoms with Crippen molar-refractivity contribution in [2.45, 2.75) is 5.92 Å². The van der Waals surface area contributed by atoms with Gasteiger partial charge in [-0.05, 0) is 28.8 Å². The van der Waals surface area contributed by atoms with E-state index >= 15 is 0 Å². The molecule has 4 N–H and O–H groups in total. The highest BCUT2D eigenvalue weighted by Gasteiger charge is 2.16. The third-order valence-electron chi connectivity index (χ3n) is 4.44. The van der Waals surface area contributed by atoms with Crippen molar-refractivity contribution in [2.75, 3.05) is 31.5 Å². The van der Waals surface area contributed by atoms with E-state index in [1.165, 1.54) is 16.7 Å². The van der Waals surface area contributed by atoms with Gasteiger partial charge in [0.2, 0.25) is 0 Å². The van der Waals surface area contributed by atoms with E-state index in [0.717, 1.165) is 25.3 Å². The summed E-state index contributed by atoms with van der Waals surface area (Å²) in [6.07, 6.45) is 0. The van der Waals surface area contributed by atoms with Gasteiger partial charge >= 0.3 is 0 Å². The van der Waals surface area contributed by atoms with Crippen molar-refractivity contribution >= 4 is 5.69 Å². The molecule has 134 valence electrons. The lowest BCUT2D eigenvalue weighted by atomic mass is 9.85. The molecule has 0 aliphatic heterocycles. The van der Waals surface area contributed by atoms with Crippen LogP contribution in [0.3, 0.4) is 0 Å². The van der Waals surface area contributed by atoms with Crippen molar-refractivity contribution in [3.63, 3.8) is 0 Å². The van der Waals surface area contributed by atoms with Crippen LogP contribution in [-0.2, 0) is 0 Å². The molecule has 0 aliphatic rings. The number of nitrogens with one attached hydrogen (secondary N) is 2. The molecule has 26 heavy (non-hydrogen) atoms. The molecule has 0 bridgehead atoms. The molecule has 3 rings (SSSR count). The van der Waals surface area contributed by atoms with Crippen molar-refractivity contribution < 1.29 is 0 Å². The van der Waals surface area contributed by atoms with Crippen molar-refractivity contribution in [3.8, 4) is 0 Å². The van der Waals surface area contributed by atoms with Crippen molar-refractivity contribution in [1.29, 1.82) is 0 Å². The van der Waals surface area contributed by atoms with E-state index in [0.29, 0.717) is 6.54 Å². The Kier molecular flexibility index (Phi) is 6.82. The van der Waals surface area contributed by atoms with Gasteiger partial charge in [-0.25, -0.2) is 0 Å². The average molecular weight is 345 g/mol. The maximum atomic E-state index is 5.50. The maximum Gasteiger partial charge on any atom is 0.0343 e. The van der Waals surface area contributed by atoms with Gasteiger partial charge in [-0.3, -0.25) is 0 Å². The number of benzene rings is 3. The average Bonchev–Trinajstić information content (AvgIpc) is 2.70. The number of rotatable bonds is 9. The van der Waals surface area contributed by atoms with Gasteiger partial charge in [-0.2, -0.15) is 0 Å². The lowest BCUT2D eigenvalue weighted by Crippen LogP contribution is -2.27. The standard InChI is InChI=1S/C23H27N3/c24-14-15-25-16-17-26-22-13-7-12-21(18-22)23(19-8-3-1-4-9-19)20-10-5-2-6-11-20/h1-13,18,23,25-26H,14-17,24H2. The first-order valence-corrected chi connectivity index (χ1v) is 9.23. The van der Waals surface area contributed by atoms with Crippen LogP contribution in [0.15, 0.2) is 84.9 Å². The Morgan fingerprint density at radius 1 is 0.654 bits per heavy atom. The molecule has 3 aromatic carbocycles. The van der Waals surface area contributed by atoms with Crippen LogP contribution in [0.1, 0.15) is 22.6 Å². The van der Waals surface area contributed by atoms with Crippen LogP contribution < -0.4 is 16.4 Å². The molecule has 0 aliphatic carbocycles. The molecular weight excluding hydrogens is 318 g/mol. The van der Waals surface area contributed by atoms with Crippen LogP contribution in [0, 0.1) is 0 Å². The Morgan fingerprint density at radius 3 is 1.88 bits per heavy atom. The van der Waals surface area contributed by atoms with E-state index in [9.17, 15) is 0 Å². The molecule has 3 aromatic rings. The molecule has 0 fully saturated rings. The van der Waals surface area contributed by atoms with Gasteiger partial charge in [0, 0.05) is 37.8 Å². The van der Waals surface area contributed by atoms with Crippen LogP contribution in [-0.4, -0.2) is 26.2 Å². The van der Waals surface area contributed by atoms with Gasteiger partial charge in [0.25, 0.3) is 0 Å². The van der Waals surface area contributed by atoms with Gasteiger partial charge in [0.1, 0.15) is 0 Å².